The number of benzene rings is 3. The lowest BCUT2D eigenvalue weighted by atomic mass is 10.1. The van der Waals surface area contributed by atoms with Gasteiger partial charge in [0.2, 0.25) is 0 Å². The highest BCUT2D eigenvalue weighted by Crippen LogP contribution is 2.26. The molecule has 172 valence electrons. The maximum absolute atomic E-state index is 12.7. The number of fused-ring (bicyclic) bond motifs is 1. The van der Waals surface area contributed by atoms with E-state index in [4.69, 9.17) is 9.84 Å². The van der Waals surface area contributed by atoms with Crippen LogP contribution in [-0.4, -0.2) is 32.5 Å². The van der Waals surface area contributed by atoms with E-state index in [-0.39, 0.29) is 5.56 Å². The minimum absolute atomic E-state index is 0.354. The van der Waals surface area contributed by atoms with E-state index in [2.05, 4.69) is 10.4 Å². The molecule has 0 saturated heterocycles. The van der Waals surface area contributed by atoms with Crippen molar-refractivity contribution in [3.05, 3.63) is 113 Å². The van der Waals surface area contributed by atoms with Crippen molar-refractivity contribution in [2.45, 2.75) is 0 Å². The van der Waals surface area contributed by atoms with Crippen molar-refractivity contribution in [2.24, 2.45) is 0 Å². The zero-order valence-electron chi connectivity index (χ0n) is 18.8. The maximum Gasteiger partial charge on any atom is 0.280 e. The molecular formula is C27H21N5O3. The number of nitrogens with zero attached hydrogens (tertiary/aromatic N) is 4. The van der Waals surface area contributed by atoms with Gasteiger partial charge in [-0.2, -0.15) is 5.10 Å². The van der Waals surface area contributed by atoms with Crippen LogP contribution in [0.4, 0.5) is 0 Å². The molecule has 5 aromatic rings. The molecule has 0 aliphatic carbocycles. The molecule has 0 spiro atoms. The van der Waals surface area contributed by atoms with Gasteiger partial charge < -0.3 is 4.74 Å². The Hall–Kier alpha value is -4.98. The van der Waals surface area contributed by atoms with Crippen LogP contribution >= 0.6 is 0 Å². The van der Waals surface area contributed by atoms with Gasteiger partial charge in [0.1, 0.15) is 12.1 Å². The number of para-hydroxylation sites is 2. The third kappa shape index (κ3) is 4.58. The number of rotatable bonds is 6. The topological polar surface area (TPSA) is 91.0 Å². The second kappa shape index (κ2) is 9.48. The van der Waals surface area contributed by atoms with Crippen LogP contribution in [0, 0.1) is 0 Å². The highest BCUT2D eigenvalue weighted by Gasteiger charge is 2.12. The van der Waals surface area contributed by atoms with Crippen molar-refractivity contribution in [2.75, 3.05) is 12.5 Å². The van der Waals surface area contributed by atoms with Crippen LogP contribution in [0.2, 0.25) is 0 Å². The lowest BCUT2D eigenvalue weighted by Crippen LogP contribution is -2.32. The number of carbonyl (C=O) groups excluding carboxylic acids is 1. The summed E-state index contributed by atoms with van der Waals surface area (Å²) in [5.74, 6) is 0.263. The molecule has 35 heavy (non-hydrogen) atoms. The van der Waals surface area contributed by atoms with Crippen molar-refractivity contribution in [1.29, 1.82) is 0 Å². The zero-order chi connectivity index (χ0) is 24.2. The maximum atomic E-state index is 12.7. The quantitative estimate of drug-likeness (QED) is 0.384. The number of hydrogen-bond donors (Lipinski definition) is 1. The van der Waals surface area contributed by atoms with Gasteiger partial charge in [0, 0.05) is 23.4 Å². The largest absolute Gasteiger partial charge is 0.497 e. The Bertz CT molecular complexity index is 1590. The molecule has 0 bridgehead atoms. The van der Waals surface area contributed by atoms with Crippen molar-refractivity contribution in [3.8, 4) is 22.7 Å². The number of nitrogens with one attached hydrogen (secondary N) is 1. The van der Waals surface area contributed by atoms with Crippen molar-refractivity contribution in [3.63, 3.8) is 0 Å². The summed E-state index contributed by atoms with van der Waals surface area (Å²) in [6, 6.07) is 24.2. The molecule has 2 heterocycles. The summed E-state index contributed by atoms with van der Waals surface area (Å²) in [7, 11) is 1.61. The van der Waals surface area contributed by atoms with Gasteiger partial charge in [-0.25, -0.2) is 14.3 Å². The predicted octanol–water partition coefficient (Wildman–Crippen LogP) is 4.04. The molecule has 0 fully saturated rings. The average molecular weight is 463 g/mol. The number of carbonyl (C=O) groups is 1. The molecule has 8 heteroatoms. The van der Waals surface area contributed by atoms with Crippen molar-refractivity contribution in [1.82, 2.24) is 19.4 Å². The molecule has 0 unspecified atom stereocenters. The van der Waals surface area contributed by atoms with Crippen molar-refractivity contribution < 1.29 is 9.53 Å². The Morgan fingerprint density at radius 1 is 0.971 bits per heavy atom. The summed E-state index contributed by atoms with van der Waals surface area (Å²) < 4.78 is 8.09. The van der Waals surface area contributed by atoms with E-state index in [9.17, 15) is 9.59 Å². The monoisotopic (exact) mass is 463 g/mol. The molecule has 0 radical (unpaired) electrons. The van der Waals surface area contributed by atoms with E-state index in [1.54, 1.807) is 42.1 Å². The van der Waals surface area contributed by atoms with Crippen LogP contribution in [0.3, 0.4) is 0 Å². The molecule has 5 rings (SSSR count). The minimum Gasteiger partial charge on any atom is -0.497 e. The molecule has 2 aromatic heterocycles. The molecule has 3 aromatic carbocycles. The minimum atomic E-state index is -0.475. The number of aromatic nitrogens is 4. The summed E-state index contributed by atoms with van der Waals surface area (Å²) in [5, 5.41) is 5.17. The van der Waals surface area contributed by atoms with E-state index in [1.807, 2.05) is 60.8 Å². The van der Waals surface area contributed by atoms with Gasteiger partial charge in [0.25, 0.3) is 11.5 Å². The molecule has 0 atom stereocenters. The first-order chi connectivity index (χ1) is 17.1. The third-order valence-electron chi connectivity index (χ3n) is 5.44. The summed E-state index contributed by atoms with van der Waals surface area (Å²) >= 11 is 0. The van der Waals surface area contributed by atoms with Crippen LogP contribution in [0.1, 0.15) is 5.56 Å². The first kappa shape index (κ1) is 21.8. The molecule has 1 amide bonds. The van der Waals surface area contributed by atoms with E-state index >= 15 is 0 Å². The fourth-order valence-corrected chi connectivity index (χ4v) is 3.67. The van der Waals surface area contributed by atoms with E-state index in [0.717, 1.165) is 27.2 Å². The average Bonchev–Trinajstić information content (AvgIpc) is 3.34. The summed E-state index contributed by atoms with van der Waals surface area (Å²) in [6.07, 6.45) is 6.18. The van der Waals surface area contributed by atoms with Gasteiger partial charge in [-0.05, 0) is 54.6 Å². The molecule has 0 aliphatic rings. The lowest BCUT2D eigenvalue weighted by Gasteiger charge is -2.06. The van der Waals surface area contributed by atoms with Gasteiger partial charge in [-0.3, -0.25) is 15.0 Å². The van der Waals surface area contributed by atoms with Gasteiger partial charge in [-0.1, -0.05) is 30.3 Å². The van der Waals surface area contributed by atoms with E-state index in [0.29, 0.717) is 16.6 Å². The smallest absolute Gasteiger partial charge is 0.280 e. The van der Waals surface area contributed by atoms with Gasteiger partial charge in [0.15, 0.2) is 0 Å². The summed E-state index contributed by atoms with van der Waals surface area (Å²) in [4.78, 5) is 29.5. The second-order valence-corrected chi connectivity index (χ2v) is 7.69. The zero-order valence-corrected chi connectivity index (χ0v) is 18.8. The second-order valence-electron chi connectivity index (χ2n) is 7.69. The van der Waals surface area contributed by atoms with Gasteiger partial charge in [0.05, 0.1) is 29.4 Å². The fraction of sp³-hybridized carbons (Fsp3) is 0.0370. The number of hydrogen-bond acceptors (Lipinski definition) is 5. The first-order valence-electron chi connectivity index (χ1n) is 10.9. The normalized spacial score (nSPS) is 11.1. The molecule has 0 aliphatic heterocycles. The van der Waals surface area contributed by atoms with E-state index in [1.165, 1.54) is 12.4 Å². The number of amides is 1. The number of ether oxygens (including phenoxy) is 1. The lowest BCUT2D eigenvalue weighted by molar-refractivity contribution is -0.112. The predicted molar refractivity (Wildman–Crippen MR) is 135 cm³/mol. The van der Waals surface area contributed by atoms with E-state index < -0.39 is 5.91 Å². The molecule has 8 nitrogen and oxygen atoms in total. The number of methoxy groups -OCH3 is 1. The SMILES string of the molecule is COc1ccc(-c2nn(-c3ccccc3)cc2/C=C/C(=O)Nn2cnc3ccccc3c2=O)cc1. The Morgan fingerprint density at radius 3 is 2.49 bits per heavy atom. The highest BCUT2D eigenvalue weighted by molar-refractivity contribution is 5.98. The summed E-state index contributed by atoms with van der Waals surface area (Å²) in [6.45, 7) is 0. The van der Waals surface area contributed by atoms with Crippen LogP contribution in [0.5, 0.6) is 5.75 Å². The fourth-order valence-electron chi connectivity index (χ4n) is 3.67. The Labute approximate surface area is 200 Å². The van der Waals surface area contributed by atoms with Crippen LogP contribution in [0.15, 0.2) is 102 Å². The van der Waals surface area contributed by atoms with Gasteiger partial charge in [-0.15, -0.1) is 0 Å². The first-order valence-corrected chi connectivity index (χ1v) is 10.9. The Morgan fingerprint density at radius 2 is 1.71 bits per heavy atom. The standard InChI is InChI=1S/C27H21N5O3/c1-35-22-14-11-19(12-15-22)26-20(17-31(30-26)21-7-3-2-4-8-21)13-16-25(33)29-32-18-28-24-10-6-5-9-23(24)27(32)34/h2-18H,1H3,(H,29,33)/b16-13+. The molecular weight excluding hydrogens is 442 g/mol. The highest BCUT2D eigenvalue weighted by atomic mass is 16.5. The van der Waals surface area contributed by atoms with Crippen LogP contribution in [0.25, 0.3) is 33.9 Å². The molecule has 1 N–H and O–H groups in total. The van der Waals surface area contributed by atoms with Crippen LogP contribution in [-0.2, 0) is 4.79 Å². The Balaban J connectivity index is 1.46. The Kier molecular flexibility index (Phi) is 5.92. The third-order valence-corrected chi connectivity index (χ3v) is 5.44. The van der Waals surface area contributed by atoms with Crippen molar-refractivity contribution >= 4 is 22.9 Å². The van der Waals surface area contributed by atoms with Crippen LogP contribution < -0.4 is 15.7 Å². The molecule has 0 saturated carbocycles. The van der Waals surface area contributed by atoms with Gasteiger partial charge >= 0.3 is 0 Å². The summed E-state index contributed by atoms with van der Waals surface area (Å²) in [5.41, 5.74) is 5.96.